The van der Waals surface area contributed by atoms with Crippen LogP contribution in [0.5, 0.6) is 0 Å². The molecule has 1 aromatic rings. The molecule has 3 rings (SSSR count). The van der Waals surface area contributed by atoms with Crippen LogP contribution in [0.3, 0.4) is 0 Å². The molecule has 4 nitrogen and oxygen atoms in total. The Morgan fingerprint density at radius 1 is 1.17 bits per heavy atom. The summed E-state index contributed by atoms with van der Waals surface area (Å²) in [5.41, 5.74) is 4.12. The normalized spacial score (nSPS) is 19.6. The van der Waals surface area contributed by atoms with Crippen LogP contribution in [0.15, 0.2) is 17.9 Å². The van der Waals surface area contributed by atoms with Crippen LogP contribution in [-0.4, -0.2) is 29.9 Å². The van der Waals surface area contributed by atoms with Gasteiger partial charge in [0.1, 0.15) is 12.2 Å². The summed E-state index contributed by atoms with van der Waals surface area (Å²) in [6.07, 6.45) is 3.65. The van der Waals surface area contributed by atoms with Gasteiger partial charge >= 0.3 is 5.97 Å². The van der Waals surface area contributed by atoms with Gasteiger partial charge in [-0.15, -0.1) is 0 Å². The van der Waals surface area contributed by atoms with E-state index in [1.165, 1.54) is 5.56 Å². The molecule has 1 N–H and O–H groups in total. The fourth-order valence-corrected chi connectivity index (χ4v) is 4.01. The maximum atomic E-state index is 12.7. The smallest absolute Gasteiger partial charge is 0.343 e. The molecule has 1 fully saturated rings. The number of esters is 1. The average Bonchev–Trinajstić information content (AvgIpc) is 3.03. The average molecular weight is 316 g/mol. The van der Waals surface area contributed by atoms with Gasteiger partial charge in [0.15, 0.2) is 11.4 Å². The number of aliphatic hydroxyl groups excluding tert-OH is 1. The first-order valence-electron chi connectivity index (χ1n) is 8.28. The van der Waals surface area contributed by atoms with E-state index in [1.807, 2.05) is 20.8 Å². The van der Waals surface area contributed by atoms with Crippen LogP contribution in [0.4, 0.5) is 0 Å². The third-order valence-corrected chi connectivity index (χ3v) is 4.81. The molecule has 2 aliphatic rings. The second kappa shape index (κ2) is 6.00. The van der Waals surface area contributed by atoms with Crippen molar-refractivity contribution in [1.82, 2.24) is 0 Å². The SMILES string of the molecule is Cc1cc(C)c(C2=C(OCCO)C3(CCCC3)OC2=O)c(C)c1. The van der Waals surface area contributed by atoms with Crippen LogP contribution in [0.1, 0.15) is 47.9 Å². The van der Waals surface area contributed by atoms with Gasteiger partial charge < -0.3 is 14.6 Å². The summed E-state index contributed by atoms with van der Waals surface area (Å²) in [7, 11) is 0. The summed E-state index contributed by atoms with van der Waals surface area (Å²) < 4.78 is 11.7. The molecule has 1 heterocycles. The minimum atomic E-state index is -0.620. The van der Waals surface area contributed by atoms with Crippen LogP contribution < -0.4 is 0 Å². The zero-order valence-corrected chi connectivity index (χ0v) is 14.1. The summed E-state index contributed by atoms with van der Waals surface area (Å²) >= 11 is 0. The highest BCUT2D eigenvalue weighted by Crippen LogP contribution is 2.49. The lowest BCUT2D eigenvalue weighted by Crippen LogP contribution is -2.29. The Hall–Kier alpha value is -1.81. The molecule has 23 heavy (non-hydrogen) atoms. The van der Waals surface area contributed by atoms with Crippen molar-refractivity contribution in [1.29, 1.82) is 0 Å². The first-order valence-corrected chi connectivity index (χ1v) is 8.28. The third-order valence-electron chi connectivity index (χ3n) is 4.81. The van der Waals surface area contributed by atoms with Gasteiger partial charge in [-0.1, -0.05) is 17.7 Å². The monoisotopic (exact) mass is 316 g/mol. The molecular formula is C19H24O4. The fraction of sp³-hybridized carbons (Fsp3) is 0.526. The van der Waals surface area contributed by atoms with E-state index in [1.54, 1.807) is 0 Å². The zero-order valence-electron chi connectivity index (χ0n) is 14.1. The lowest BCUT2D eigenvalue weighted by Gasteiger charge is -2.25. The summed E-state index contributed by atoms with van der Waals surface area (Å²) in [4.78, 5) is 12.7. The van der Waals surface area contributed by atoms with Crippen molar-refractivity contribution >= 4 is 11.5 Å². The molecule has 124 valence electrons. The highest BCUT2D eigenvalue weighted by molar-refractivity contribution is 6.20. The third kappa shape index (κ3) is 2.65. The van der Waals surface area contributed by atoms with Crippen LogP contribution in [0, 0.1) is 20.8 Å². The van der Waals surface area contributed by atoms with E-state index in [0.717, 1.165) is 42.4 Å². The maximum Gasteiger partial charge on any atom is 0.343 e. The Labute approximate surface area is 137 Å². The molecule has 0 bridgehead atoms. The molecule has 0 radical (unpaired) electrons. The molecule has 4 heteroatoms. The quantitative estimate of drug-likeness (QED) is 0.867. The van der Waals surface area contributed by atoms with Crippen LogP contribution in [0.25, 0.3) is 5.57 Å². The molecule has 0 saturated heterocycles. The van der Waals surface area contributed by atoms with E-state index in [-0.39, 0.29) is 19.2 Å². The van der Waals surface area contributed by atoms with Gasteiger partial charge in [0, 0.05) is 0 Å². The maximum absolute atomic E-state index is 12.7. The van der Waals surface area contributed by atoms with Crippen molar-refractivity contribution in [3.8, 4) is 0 Å². The number of benzene rings is 1. The Morgan fingerprint density at radius 2 is 1.78 bits per heavy atom. The molecule has 0 amide bonds. The van der Waals surface area contributed by atoms with Gasteiger partial charge in [0.05, 0.1) is 6.61 Å². The molecule has 1 aliphatic heterocycles. The molecule has 1 aromatic carbocycles. The predicted octanol–water partition coefficient (Wildman–Crippen LogP) is 3.20. The molecule has 0 atom stereocenters. The summed E-state index contributed by atoms with van der Waals surface area (Å²) in [5.74, 6) is 0.332. The van der Waals surface area contributed by atoms with Crippen molar-refractivity contribution in [3.05, 3.63) is 40.1 Å². The number of hydrogen-bond donors (Lipinski definition) is 1. The van der Waals surface area contributed by atoms with E-state index in [0.29, 0.717) is 11.3 Å². The molecule has 1 saturated carbocycles. The van der Waals surface area contributed by atoms with E-state index in [9.17, 15) is 4.79 Å². The fourth-order valence-electron chi connectivity index (χ4n) is 4.01. The highest BCUT2D eigenvalue weighted by atomic mass is 16.6. The van der Waals surface area contributed by atoms with Gasteiger partial charge in [-0.2, -0.15) is 0 Å². The second-order valence-corrected chi connectivity index (χ2v) is 6.64. The Balaban J connectivity index is 2.18. The number of aryl methyl sites for hydroxylation is 3. The van der Waals surface area contributed by atoms with Gasteiger partial charge in [0.2, 0.25) is 0 Å². The lowest BCUT2D eigenvalue weighted by atomic mass is 9.90. The van der Waals surface area contributed by atoms with Gasteiger partial charge in [-0.3, -0.25) is 0 Å². The van der Waals surface area contributed by atoms with Crippen LogP contribution in [-0.2, 0) is 14.3 Å². The number of aliphatic hydroxyl groups is 1. The Bertz CT molecular complexity index is 643. The topological polar surface area (TPSA) is 55.8 Å². The summed E-state index contributed by atoms with van der Waals surface area (Å²) in [5, 5.41) is 9.15. The number of carbonyl (C=O) groups is 1. The van der Waals surface area contributed by atoms with Crippen molar-refractivity contribution in [3.63, 3.8) is 0 Å². The number of ether oxygens (including phenoxy) is 2. The van der Waals surface area contributed by atoms with Crippen LogP contribution >= 0.6 is 0 Å². The molecule has 0 unspecified atom stereocenters. The summed E-state index contributed by atoms with van der Waals surface area (Å²) in [6, 6.07) is 4.15. The lowest BCUT2D eigenvalue weighted by molar-refractivity contribution is -0.146. The number of hydrogen-bond acceptors (Lipinski definition) is 4. The molecular weight excluding hydrogens is 292 g/mol. The Kier molecular flexibility index (Phi) is 4.19. The molecule has 1 aliphatic carbocycles. The summed E-state index contributed by atoms with van der Waals surface area (Å²) in [6.45, 7) is 6.18. The van der Waals surface area contributed by atoms with Crippen LogP contribution in [0.2, 0.25) is 0 Å². The largest absolute Gasteiger partial charge is 0.490 e. The number of carbonyl (C=O) groups excluding carboxylic acids is 1. The standard InChI is InChI=1S/C19H24O4/c1-12-10-13(2)15(14(3)11-12)16-17(22-9-8-20)19(23-18(16)21)6-4-5-7-19/h10-11,20H,4-9H2,1-3H3. The van der Waals surface area contributed by atoms with Gasteiger partial charge in [-0.05, 0) is 63.1 Å². The Morgan fingerprint density at radius 3 is 2.35 bits per heavy atom. The predicted molar refractivity (Wildman–Crippen MR) is 87.9 cm³/mol. The molecule has 1 spiro atoms. The van der Waals surface area contributed by atoms with Crippen molar-refractivity contribution in [2.24, 2.45) is 0 Å². The highest BCUT2D eigenvalue weighted by Gasteiger charge is 2.51. The van der Waals surface area contributed by atoms with Gasteiger partial charge in [-0.25, -0.2) is 4.79 Å². The first kappa shape index (κ1) is 16.1. The second-order valence-electron chi connectivity index (χ2n) is 6.64. The van der Waals surface area contributed by atoms with E-state index >= 15 is 0 Å². The zero-order chi connectivity index (χ0) is 16.6. The minimum absolute atomic E-state index is 0.0765. The van der Waals surface area contributed by atoms with E-state index in [4.69, 9.17) is 14.6 Å². The number of rotatable bonds is 4. The van der Waals surface area contributed by atoms with Gasteiger partial charge in [0.25, 0.3) is 0 Å². The molecule has 0 aromatic heterocycles. The van der Waals surface area contributed by atoms with Crippen molar-refractivity contribution in [2.45, 2.75) is 52.1 Å². The van der Waals surface area contributed by atoms with E-state index < -0.39 is 5.60 Å². The van der Waals surface area contributed by atoms with Crippen molar-refractivity contribution < 1.29 is 19.4 Å². The van der Waals surface area contributed by atoms with E-state index in [2.05, 4.69) is 12.1 Å². The first-order chi connectivity index (χ1) is 11.0. The minimum Gasteiger partial charge on any atom is -0.490 e. The van der Waals surface area contributed by atoms with Crippen molar-refractivity contribution in [2.75, 3.05) is 13.2 Å².